The molecule has 0 unspecified atom stereocenters. The zero-order valence-electron chi connectivity index (χ0n) is 11.4. The Morgan fingerprint density at radius 2 is 1.85 bits per heavy atom. The highest BCUT2D eigenvalue weighted by atomic mass is 79.9. The smallest absolute Gasteiger partial charge is 0.244 e. The molecule has 8 heteroatoms. The van der Waals surface area contributed by atoms with E-state index in [0.717, 1.165) is 9.87 Å². The summed E-state index contributed by atoms with van der Waals surface area (Å²) in [7, 11) is -3.81. The van der Waals surface area contributed by atoms with Crippen molar-refractivity contribution in [2.24, 2.45) is 5.73 Å². The molecule has 1 amide bonds. The molecule has 20 heavy (non-hydrogen) atoms. The topological polar surface area (TPSA) is 80.5 Å². The number of hydrogen-bond donors (Lipinski definition) is 1. The SMILES string of the molecule is Cc1cc(Br)c(S(=O)(=O)N(CC(N)=O)C(C)C)cc1Br. The van der Waals surface area contributed by atoms with E-state index in [-0.39, 0.29) is 17.5 Å². The van der Waals surface area contributed by atoms with Crippen molar-refractivity contribution in [3.63, 3.8) is 0 Å². The van der Waals surface area contributed by atoms with Gasteiger partial charge in [0, 0.05) is 15.0 Å². The van der Waals surface area contributed by atoms with Crippen LogP contribution in [0.3, 0.4) is 0 Å². The zero-order valence-corrected chi connectivity index (χ0v) is 15.3. The van der Waals surface area contributed by atoms with E-state index in [1.165, 1.54) is 6.07 Å². The van der Waals surface area contributed by atoms with Crippen LogP contribution in [-0.2, 0) is 14.8 Å². The van der Waals surface area contributed by atoms with Gasteiger partial charge in [-0.1, -0.05) is 15.9 Å². The number of carbonyl (C=O) groups is 1. The van der Waals surface area contributed by atoms with E-state index in [0.29, 0.717) is 8.95 Å². The number of nitrogens with zero attached hydrogens (tertiary/aromatic N) is 1. The largest absolute Gasteiger partial charge is 0.369 e. The van der Waals surface area contributed by atoms with E-state index >= 15 is 0 Å². The molecule has 0 aliphatic carbocycles. The molecule has 0 atom stereocenters. The van der Waals surface area contributed by atoms with Crippen molar-refractivity contribution in [1.29, 1.82) is 0 Å². The van der Waals surface area contributed by atoms with Gasteiger partial charge in [-0.05, 0) is 54.4 Å². The van der Waals surface area contributed by atoms with Crippen LogP contribution in [0.2, 0.25) is 0 Å². The summed E-state index contributed by atoms with van der Waals surface area (Å²) in [4.78, 5) is 11.2. The third kappa shape index (κ3) is 3.81. The third-order valence-corrected chi connectivity index (χ3v) is 6.52. The molecule has 0 fully saturated rings. The Labute approximate surface area is 135 Å². The molecule has 0 radical (unpaired) electrons. The molecule has 5 nitrogen and oxygen atoms in total. The highest BCUT2D eigenvalue weighted by Gasteiger charge is 2.30. The highest BCUT2D eigenvalue weighted by Crippen LogP contribution is 2.31. The molecular weight excluding hydrogens is 412 g/mol. The average molecular weight is 428 g/mol. The van der Waals surface area contributed by atoms with Gasteiger partial charge in [0.25, 0.3) is 0 Å². The fourth-order valence-corrected chi connectivity index (χ4v) is 4.89. The normalized spacial score (nSPS) is 12.2. The van der Waals surface area contributed by atoms with Crippen LogP contribution in [0.1, 0.15) is 19.4 Å². The Morgan fingerprint density at radius 3 is 2.30 bits per heavy atom. The molecule has 0 spiro atoms. The molecule has 0 heterocycles. The lowest BCUT2D eigenvalue weighted by atomic mass is 10.2. The molecule has 0 saturated carbocycles. The lowest BCUT2D eigenvalue weighted by Gasteiger charge is -2.25. The average Bonchev–Trinajstić information content (AvgIpc) is 2.29. The summed E-state index contributed by atoms with van der Waals surface area (Å²) < 4.78 is 27.5. The highest BCUT2D eigenvalue weighted by molar-refractivity contribution is 9.11. The number of rotatable bonds is 5. The van der Waals surface area contributed by atoms with Crippen molar-refractivity contribution < 1.29 is 13.2 Å². The van der Waals surface area contributed by atoms with Crippen molar-refractivity contribution in [2.75, 3.05) is 6.54 Å². The summed E-state index contributed by atoms with van der Waals surface area (Å²) in [5.41, 5.74) is 6.04. The minimum atomic E-state index is -3.81. The maximum absolute atomic E-state index is 12.7. The molecule has 2 N–H and O–H groups in total. The van der Waals surface area contributed by atoms with Gasteiger partial charge in [-0.2, -0.15) is 4.31 Å². The molecule has 1 rings (SSSR count). The second kappa shape index (κ2) is 6.55. The lowest BCUT2D eigenvalue weighted by molar-refractivity contribution is -0.118. The Balaban J connectivity index is 3.41. The monoisotopic (exact) mass is 426 g/mol. The van der Waals surface area contributed by atoms with E-state index in [4.69, 9.17) is 5.73 Å². The van der Waals surface area contributed by atoms with E-state index in [1.807, 2.05) is 6.92 Å². The Hall–Kier alpha value is -0.440. The second-order valence-electron chi connectivity index (χ2n) is 4.64. The first-order valence-electron chi connectivity index (χ1n) is 5.83. The van der Waals surface area contributed by atoms with Crippen LogP contribution in [0.25, 0.3) is 0 Å². The van der Waals surface area contributed by atoms with Crippen molar-refractivity contribution in [3.05, 3.63) is 26.6 Å². The molecule has 0 bridgehead atoms. The molecule has 112 valence electrons. The fraction of sp³-hybridized carbons (Fsp3) is 0.417. The van der Waals surface area contributed by atoms with Crippen LogP contribution in [0.15, 0.2) is 26.0 Å². The van der Waals surface area contributed by atoms with Crippen molar-refractivity contribution in [1.82, 2.24) is 4.31 Å². The van der Waals surface area contributed by atoms with Crippen molar-refractivity contribution in [2.45, 2.75) is 31.7 Å². The fourth-order valence-electron chi connectivity index (χ4n) is 1.65. The van der Waals surface area contributed by atoms with Crippen molar-refractivity contribution >= 4 is 47.8 Å². The molecule has 0 saturated heterocycles. The maximum Gasteiger partial charge on any atom is 0.244 e. The Morgan fingerprint density at radius 1 is 1.30 bits per heavy atom. The standard InChI is InChI=1S/C12H16Br2N2O3S/c1-7(2)16(6-12(15)17)20(18,19)11-5-9(13)8(3)4-10(11)14/h4-5,7H,6H2,1-3H3,(H2,15,17). The molecule has 0 aromatic heterocycles. The van der Waals surface area contributed by atoms with Gasteiger partial charge in [-0.25, -0.2) is 8.42 Å². The first-order chi connectivity index (χ1) is 9.07. The number of aryl methyl sites for hydroxylation is 1. The summed E-state index contributed by atoms with van der Waals surface area (Å²) in [6, 6.07) is 2.85. The Bertz CT molecular complexity index is 630. The number of nitrogens with two attached hydrogens (primary N) is 1. The van der Waals surface area contributed by atoms with E-state index in [1.54, 1.807) is 19.9 Å². The minimum Gasteiger partial charge on any atom is -0.369 e. The summed E-state index contributed by atoms with van der Waals surface area (Å²) in [5.74, 6) is -0.690. The Kier molecular flexibility index (Phi) is 5.77. The van der Waals surface area contributed by atoms with Crippen LogP contribution >= 0.6 is 31.9 Å². The summed E-state index contributed by atoms with van der Waals surface area (Å²) >= 11 is 6.57. The van der Waals surface area contributed by atoms with Crippen LogP contribution in [0, 0.1) is 6.92 Å². The summed E-state index contributed by atoms with van der Waals surface area (Å²) in [6.45, 7) is 4.89. The van der Waals surface area contributed by atoms with Gasteiger partial charge in [0.1, 0.15) is 0 Å². The molecule has 0 aliphatic rings. The quantitative estimate of drug-likeness (QED) is 0.783. The van der Waals surface area contributed by atoms with Crippen LogP contribution < -0.4 is 5.73 Å². The zero-order chi connectivity index (χ0) is 15.7. The lowest BCUT2D eigenvalue weighted by Crippen LogP contribution is -2.42. The van der Waals surface area contributed by atoms with E-state index in [2.05, 4.69) is 31.9 Å². The van der Waals surface area contributed by atoms with Gasteiger partial charge in [-0.15, -0.1) is 0 Å². The summed E-state index contributed by atoms with van der Waals surface area (Å²) in [5, 5.41) is 0. The van der Waals surface area contributed by atoms with Crippen molar-refractivity contribution in [3.8, 4) is 0 Å². The van der Waals surface area contributed by atoms with Crippen LogP contribution in [-0.4, -0.2) is 31.2 Å². The van der Waals surface area contributed by atoms with Gasteiger partial charge >= 0.3 is 0 Å². The number of hydrogen-bond acceptors (Lipinski definition) is 3. The van der Waals surface area contributed by atoms with Gasteiger partial charge in [0.05, 0.1) is 11.4 Å². The second-order valence-corrected chi connectivity index (χ2v) is 8.21. The number of primary amides is 1. The first kappa shape index (κ1) is 17.6. The van der Waals surface area contributed by atoms with Gasteiger partial charge < -0.3 is 5.73 Å². The predicted molar refractivity (Wildman–Crippen MR) is 84.8 cm³/mol. The number of sulfonamides is 1. The van der Waals surface area contributed by atoms with Gasteiger partial charge in [0.2, 0.25) is 15.9 Å². The van der Waals surface area contributed by atoms with E-state index in [9.17, 15) is 13.2 Å². The maximum atomic E-state index is 12.7. The number of carbonyl (C=O) groups excluding carboxylic acids is 1. The van der Waals surface area contributed by atoms with Gasteiger partial charge in [-0.3, -0.25) is 4.79 Å². The van der Waals surface area contributed by atoms with Crippen LogP contribution in [0.4, 0.5) is 0 Å². The number of amides is 1. The minimum absolute atomic E-state index is 0.102. The molecule has 1 aromatic carbocycles. The third-order valence-electron chi connectivity index (χ3n) is 2.69. The summed E-state index contributed by atoms with van der Waals surface area (Å²) in [6.07, 6.45) is 0. The molecule has 0 aliphatic heterocycles. The number of halogens is 2. The first-order valence-corrected chi connectivity index (χ1v) is 8.85. The van der Waals surface area contributed by atoms with Crippen LogP contribution in [0.5, 0.6) is 0 Å². The van der Waals surface area contributed by atoms with E-state index < -0.39 is 15.9 Å². The molecular formula is C12H16Br2N2O3S. The predicted octanol–water partition coefficient (Wildman–Crippen LogP) is 2.40. The molecule has 1 aromatic rings. The van der Waals surface area contributed by atoms with Gasteiger partial charge in [0.15, 0.2) is 0 Å². The number of benzene rings is 1.